The fraction of sp³-hybridized carbons (Fsp3) is 0.111. The first-order valence-electron chi connectivity index (χ1n) is 8.72. The van der Waals surface area contributed by atoms with Gasteiger partial charge in [0.05, 0.1) is 34.4 Å². The molecule has 2 amide bonds. The Hall–Kier alpha value is -4.88. The minimum atomic E-state index is -0.629. The molecule has 2 rings (SSSR count). The van der Waals surface area contributed by atoms with Gasteiger partial charge in [0.25, 0.3) is 23.2 Å². The molecule has 0 saturated heterocycles. The number of nitro groups is 2. The summed E-state index contributed by atoms with van der Waals surface area (Å²) in [5.41, 5.74) is 3.91. The normalized spacial score (nSPS) is 10.6. The van der Waals surface area contributed by atoms with Crippen molar-refractivity contribution in [3.8, 4) is 11.5 Å². The van der Waals surface area contributed by atoms with Crippen LogP contribution in [0.1, 0.15) is 0 Å². The summed E-state index contributed by atoms with van der Waals surface area (Å²) >= 11 is 0. The summed E-state index contributed by atoms with van der Waals surface area (Å²) < 4.78 is 10.2. The van der Waals surface area contributed by atoms with Gasteiger partial charge in [-0.2, -0.15) is 10.2 Å². The van der Waals surface area contributed by atoms with Gasteiger partial charge in [0.15, 0.2) is 13.2 Å². The molecule has 0 aliphatic heterocycles. The maximum Gasteiger partial charge on any atom is 0.277 e. The number of nitro benzene ring substituents is 2. The summed E-state index contributed by atoms with van der Waals surface area (Å²) in [5, 5.41) is 28.4. The molecule has 0 saturated carbocycles. The van der Waals surface area contributed by atoms with E-state index in [-0.39, 0.29) is 22.9 Å². The van der Waals surface area contributed by atoms with Crippen LogP contribution in [0, 0.1) is 20.2 Å². The van der Waals surface area contributed by atoms with Gasteiger partial charge in [0.1, 0.15) is 11.5 Å². The van der Waals surface area contributed by atoms with Crippen LogP contribution >= 0.6 is 0 Å². The van der Waals surface area contributed by atoms with Crippen molar-refractivity contribution in [3.63, 3.8) is 0 Å². The van der Waals surface area contributed by atoms with Crippen LogP contribution in [0.25, 0.3) is 0 Å². The van der Waals surface area contributed by atoms with Crippen molar-refractivity contribution in [2.75, 3.05) is 13.2 Å². The number of hydrogen-bond donors (Lipinski definition) is 2. The Morgan fingerprint density at radius 1 is 0.812 bits per heavy atom. The van der Waals surface area contributed by atoms with E-state index < -0.39 is 34.9 Å². The summed E-state index contributed by atoms with van der Waals surface area (Å²) in [5.74, 6) is -0.962. The number of nitrogens with zero attached hydrogens (tertiary/aromatic N) is 4. The van der Waals surface area contributed by atoms with E-state index in [0.29, 0.717) is 0 Å². The summed E-state index contributed by atoms with van der Waals surface area (Å²) in [6, 6.07) is 10.7. The van der Waals surface area contributed by atoms with Gasteiger partial charge in [-0.15, -0.1) is 0 Å². The lowest BCUT2D eigenvalue weighted by atomic mass is 10.3. The minimum Gasteiger partial charge on any atom is -0.483 e. The lowest BCUT2D eigenvalue weighted by Gasteiger charge is -2.04. The smallest absolute Gasteiger partial charge is 0.277 e. The molecule has 0 spiro atoms. The Morgan fingerprint density at radius 2 is 1.22 bits per heavy atom. The zero-order chi connectivity index (χ0) is 23.3. The van der Waals surface area contributed by atoms with E-state index in [9.17, 15) is 29.8 Å². The molecule has 2 aromatic carbocycles. The fourth-order valence-electron chi connectivity index (χ4n) is 2.02. The van der Waals surface area contributed by atoms with Gasteiger partial charge >= 0.3 is 0 Å². The van der Waals surface area contributed by atoms with Gasteiger partial charge in [-0.05, 0) is 12.1 Å². The molecule has 0 fully saturated rings. The van der Waals surface area contributed by atoms with Crippen LogP contribution in [0.2, 0.25) is 0 Å². The molecule has 14 nitrogen and oxygen atoms in total. The van der Waals surface area contributed by atoms with Gasteiger partial charge in [-0.3, -0.25) is 29.8 Å². The van der Waals surface area contributed by atoms with E-state index in [0.717, 1.165) is 12.4 Å². The minimum absolute atomic E-state index is 0.148. The van der Waals surface area contributed by atoms with Crippen molar-refractivity contribution in [2.24, 2.45) is 10.2 Å². The Balaban J connectivity index is 1.65. The molecule has 2 aromatic rings. The van der Waals surface area contributed by atoms with E-state index in [1.54, 1.807) is 0 Å². The molecule has 0 heterocycles. The highest BCUT2D eigenvalue weighted by Crippen LogP contribution is 2.19. The van der Waals surface area contributed by atoms with Crippen molar-refractivity contribution in [2.45, 2.75) is 0 Å². The average molecular weight is 444 g/mol. The highest BCUT2D eigenvalue weighted by atomic mass is 16.6. The second-order valence-corrected chi connectivity index (χ2v) is 5.71. The number of hydrogen-bond acceptors (Lipinski definition) is 10. The van der Waals surface area contributed by atoms with Gasteiger partial charge in [-0.25, -0.2) is 10.9 Å². The summed E-state index contributed by atoms with van der Waals surface area (Å²) in [6.07, 6.45) is 2.15. The number of hydrazone groups is 2. The number of amides is 2. The molecule has 0 aromatic heterocycles. The number of carbonyl (C=O) groups is 2. The first-order valence-corrected chi connectivity index (χ1v) is 8.72. The quantitative estimate of drug-likeness (QED) is 0.293. The number of carbonyl (C=O) groups excluding carboxylic acids is 2. The average Bonchev–Trinajstić information content (AvgIpc) is 2.79. The summed E-state index contributed by atoms with van der Waals surface area (Å²) in [4.78, 5) is 43.4. The van der Waals surface area contributed by atoms with Crippen LogP contribution in [0.15, 0.2) is 58.7 Å². The summed E-state index contributed by atoms with van der Waals surface area (Å²) in [7, 11) is 0. The Labute approximate surface area is 179 Å². The third-order valence-corrected chi connectivity index (χ3v) is 3.39. The van der Waals surface area contributed by atoms with E-state index in [1.807, 2.05) is 0 Å². The molecule has 2 N–H and O–H groups in total. The SMILES string of the molecule is O=C(COc1cccc([N+](=O)[O-])c1)NN=CC=NNC(=O)COc1cccc([N+](=O)[O-])c1. The standard InChI is InChI=1S/C18H16N6O8/c25-17(11-31-15-5-1-3-13(9-15)23(27)28)21-19-7-8-20-22-18(26)12-32-16-6-2-4-14(10-16)24(29)30/h1-10H,11-12H2,(H,21,25)(H,22,26). The monoisotopic (exact) mass is 444 g/mol. The number of ether oxygens (including phenoxy) is 2. The van der Waals surface area contributed by atoms with Crippen LogP contribution in [0.4, 0.5) is 11.4 Å². The number of nitrogens with one attached hydrogen (secondary N) is 2. The lowest BCUT2D eigenvalue weighted by Crippen LogP contribution is -2.25. The second-order valence-electron chi connectivity index (χ2n) is 5.71. The van der Waals surface area contributed by atoms with Crippen molar-refractivity contribution in [1.29, 1.82) is 0 Å². The van der Waals surface area contributed by atoms with E-state index in [1.165, 1.54) is 48.5 Å². The van der Waals surface area contributed by atoms with Crippen LogP contribution in [-0.2, 0) is 9.59 Å². The maximum absolute atomic E-state index is 11.6. The van der Waals surface area contributed by atoms with Gasteiger partial charge in [-0.1, -0.05) is 12.1 Å². The van der Waals surface area contributed by atoms with Crippen molar-refractivity contribution >= 4 is 35.6 Å². The van der Waals surface area contributed by atoms with Gasteiger partial charge in [0, 0.05) is 12.1 Å². The zero-order valence-corrected chi connectivity index (χ0v) is 16.2. The topological polar surface area (TPSA) is 188 Å². The Bertz CT molecular complexity index is 972. The third-order valence-electron chi connectivity index (χ3n) is 3.39. The zero-order valence-electron chi connectivity index (χ0n) is 16.2. The molecule has 0 bridgehead atoms. The first kappa shape index (κ1) is 23.4. The predicted molar refractivity (Wildman–Crippen MR) is 110 cm³/mol. The lowest BCUT2D eigenvalue weighted by molar-refractivity contribution is -0.385. The highest BCUT2D eigenvalue weighted by molar-refractivity contribution is 6.16. The molecule has 0 aliphatic carbocycles. The molecule has 14 heteroatoms. The molecule has 0 radical (unpaired) electrons. The molecular formula is C18H16N6O8. The van der Waals surface area contributed by atoms with E-state index in [4.69, 9.17) is 9.47 Å². The number of benzene rings is 2. The predicted octanol–water partition coefficient (Wildman–Crippen LogP) is 1.16. The second kappa shape index (κ2) is 12.0. The van der Waals surface area contributed by atoms with Gasteiger partial charge in [0.2, 0.25) is 0 Å². The molecular weight excluding hydrogens is 428 g/mol. The van der Waals surface area contributed by atoms with Crippen molar-refractivity contribution < 1.29 is 28.9 Å². The molecule has 32 heavy (non-hydrogen) atoms. The van der Waals surface area contributed by atoms with Crippen LogP contribution in [0.3, 0.4) is 0 Å². The fourth-order valence-corrected chi connectivity index (χ4v) is 2.02. The first-order chi connectivity index (χ1) is 15.3. The number of non-ortho nitro benzene ring substituents is 2. The van der Waals surface area contributed by atoms with Crippen molar-refractivity contribution in [3.05, 3.63) is 68.8 Å². The van der Waals surface area contributed by atoms with E-state index >= 15 is 0 Å². The molecule has 0 aliphatic rings. The van der Waals surface area contributed by atoms with Crippen LogP contribution in [-0.4, -0.2) is 47.3 Å². The molecule has 0 atom stereocenters. The third kappa shape index (κ3) is 8.24. The van der Waals surface area contributed by atoms with E-state index in [2.05, 4.69) is 21.1 Å². The Morgan fingerprint density at radius 3 is 1.59 bits per heavy atom. The maximum atomic E-state index is 11.6. The number of rotatable bonds is 11. The molecule has 166 valence electrons. The summed E-state index contributed by atoms with van der Waals surface area (Å²) in [6.45, 7) is -0.858. The van der Waals surface area contributed by atoms with Gasteiger partial charge < -0.3 is 9.47 Å². The largest absolute Gasteiger partial charge is 0.483 e. The van der Waals surface area contributed by atoms with Crippen LogP contribution < -0.4 is 20.3 Å². The van der Waals surface area contributed by atoms with Crippen LogP contribution in [0.5, 0.6) is 11.5 Å². The highest BCUT2D eigenvalue weighted by Gasteiger charge is 2.09. The molecule has 0 unspecified atom stereocenters. The van der Waals surface area contributed by atoms with Crippen molar-refractivity contribution in [1.82, 2.24) is 10.9 Å². The Kier molecular flexibility index (Phi) is 8.75.